The van der Waals surface area contributed by atoms with Gasteiger partial charge < -0.3 is 4.74 Å². The fourth-order valence-corrected chi connectivity index (χ4v) is 1.65. The first-order valence-electron chi connectivity index (χ1n) is 3.82. The van der Waals surface area contributed by atoms with Gasteiger partial charge in [0.15, 0.2) is 11.6 Å². The summed E-state index contributed by atoms with van der Waals surface area (Å²) in [5, 5.41) is 0.448. The van der Waals surface area contributed by atoms with Crippen molar-refractivity contribution in [2.75, 3.05) is 0 Å². The van der Waals surface area contributed by atoms with Gasteiger partial charge in [-0.3, -0.25) is 0 Å². The maximum absolute atomic E-state index is 13.3. The molecule has 0 unspecified atom stereocenters. The molecule has 0 N–H and O–H groups in total. The summed E-state index contributed by atoms with van der Waals surface area (Å²) < 4.78 is 18.8. The van der Waals surface area contributed by atoms with E-state index in [0.717, 1.165) is 0 Å². The van der Waals surface area contributed by atoms with E-state index in [2.05, 4.69) is 15.9 Å². The van der Waals surface area contributed by atoms with Crippen LogP contribution in [-0.4, -0.2) is 6.10 Å². The predicted octanol–water partition coefficient (Wildman–Crippen LogP) is 4.03. The fraction of sp³-hybridized carbons (Fsp3) is 0.333. The van der Waals surface area contributed by atoms with Crippen LogP contribution in [0.5, 0.6) is 5.75 Å². The molecule has 0 aliphatic carbocycles. The second-order valence-electron chi connectivity index (χ2n) is 2.87. The highest BCUT2D eigenvalue weighted by Gasteiger charge is 2.10. The number of benzene rings is 1. The van der Waals surface area contributed by atoms with E-state index in [1.807, 2.05) is 13.8 Å². The van der Waals surface area contributed by atoms with Gasteiger partial charge in [-0.05, 0) is 35.8 Å². The van der Waals surface area contributed by atoms with Crippen molar-refractivity contribution in [2.24, 2.45) is 0 Å². The highest BCUT2D eigenvalue weighted by Crippen LogP contribution is 2.29. The molecule has 0 saturated heterocycles. The van der Waals surface area contributed by atoms with E-state index >= 15 is 0 Å². The van der Waals surface area contributed by atoms with Gasteiger partial charge >= 0.3 is 0 Å². The lowest BCUT2D eigenvalue weighted by atomic mass is 10.3. The quantitative estimate of drug-likeness (QED) is 0.735. The molecule has 1 aromatic carbocycles. The van der Waals surface area contributed by atoms with Gasteiger partial charge in [-0.15, -0.1) is 0 Å². The molecule has 1 aromatic rings. The fourth-order valence-electron chi connectivity index (χ4n) is 0.872. The third-order valence-corrected chi connectivity index (χ3v) is 2.12. The largest absolute Gasteiger partial charge is 0.488 e. The molecule has 0 fully saturated rings. The van der Waals surface area contributed by atoms with E-state index in [4.69, 9.17) is 16.3 Å². The van der Waals surface area contributed by atoms with Crippen LogP contribution < -0.4 is 4.74 Å². The minimum atomic E-state index is -0.418. The standard InChI is InChI=1S/C9H9BrClFO/c1-5(2)13-8-4-6(11)3-7(10)9(8)12/h3-5H,1-2H3. The summed E-state index contributed by atoms with van der Waals surface area (Å²) in [6.45, 7) is 3.66. The Morgan fingerprint density at radius 2 is 2.08 bits per heavy atom. The summed E-state index contributed by atoms with van der Waals surface area (Å²) in [5.74, 6) is -0.243. The normalized spacial score (nSPS) is 10.6. The molecule has 0 spiro atoms. The first-order valence-corrected chi connectivity index (χ1v) is 4.99. The molecule has 0 amide bonds. The second-order valence-corrected chi connectivity index (χ2v) is 4.16. The summed E-state index contributed by atoms with van der Waals surface area (Å²) in [6.07, 6.45) is -0.0696. The molecule has 0 aliphatic heterocycles. The Morgan fingerprint density at radius 3 is 2.62 bits per heavy atom. The maximum Gasteiger partial charge on any atom is 0.179 e. The summed E-state index contributed by atoms with van der Waals surface area (Å²) in [5.41, 5.74) is 0. The van der Waals surface area contributed by atoms with Crippen LogP contribution in [0.4, 0.5) is 4.39 Å². The van der Waals surface area contributed by atoms with Gasteiger partial charge in [-0.1, -0.05) is 11.6 Å². The van der Waals surface area contributed by atoms with Gasteiger partial charge in [0.05, 0.1) is 10.6 Å². The van der Waals surface area contributed by atoms with E-state index in [0.29, 0.717) is 9.50 Å². The minimum absolute atomic E-state index is 0.0696. The van der Waals surface area contributed by atoms with Crippen molar-refractivity contribution in [3.63, 3.8) is 0 Å². The molecule has 1 rings (SSSR count). The highest BCUT2D eigenvalue weighted by molar-refractivity contribution is 9.10. The van der Waals surface area contributed by atoms with Crippen LogP contribution in [0.25, 0.3) is 0 Å². The summed E-state index contributed by atoms with van der Waals surface area (Å²) in [4.78, 5) is 0. The molecule has 1 nitrogen and oxygen atoms in total. The van der Waals surface area contributed by atoms with Crippen LogP contribution in [0, 0.1) is 5.82 Å². The van der Waals surface area contributed by atoms with Gasteiger partial charge in [0.25, 0.3) is 0 Å². The lowest BCUT2D eigenvalue weighted by Gasteiger charge is -2.11. The van der Waals surface area contributed by atoms with E-state index in [9.17, 15) is 4.39 Å². The van der Waals surface area contributed by atoms with Crippen molar-refractivity contribution in [2.45, 2.75) is 20.0 Å². The van der Waals surface area contributed by atoms with Crippen molar-refractivity contribution in [1.82, 2.24) is 0 Å². The summed E-state index contributed by atoms with van der Waals surface area (Å²) in [7, 11) is 0. The summed E-state index contributed by atoms with van der Waals surface area (Å²) >= 11 is 8.78. The van der Waals surface area contributed by atoms with Gasteiger partial charge in [0.2, 0.25) is 0 Å². The van der Waals surface area contributed by atoms with Crippen molar-refractivity contribution in [3.05, 3.63) is 27.4 Å². The van der Waals surface area contributed by atoms with Crippen LogP contribution in [0.3, 0.4) is 0 Å². The third-order valence-electron chi connectivity index (χ3n) is 1.32. The molecule has 72 valence electrons. The Hall–Kier alpha value is -0.280. The Bertz CT molecular complexity index is 315. The average molecular weight is 268 g/mol. The van der Waals surface area contributed by atoms with E-state index in [-0.39, 0.29) is 11.9 Å². The first-order chi connectivity index (χ1) is 6.00. The van der Waals surface area contributed by atoms with Crippen LogP contribution in [-0.2, 0) is 0 Å². The first kappa shape index (κ1) is 10.8. The van der Waals surface area contributed by atoms with Gasteiger partial charge in [-0.25, -0.2) is 4.39 Å². The van der Waals surface area contributed by atoms with Crippen LogP contribution in [0.15, 0.2) is 16.6 Å². The van der Waals surface area contributed by atoms with Gasteiger partial charge in [-0.2, -0.15) is 0 Å². The van der Waals surface area contributed by atoms with E-state index in [1.54, 1.807) is 0 Å². The Morgan fingerprint density at radius 1 is 1.46 bits per heavy atom. The minimum Gasteiger partial charge on any atom is -0.488 e. The monoisotopic (exact) mass is 266 g/mol. The molecular weight excluding hydrogens is 258 g/mol. The van der Waals surface area contributed by atoms with Crippen LogP contribution in [0.2, 0.25) is 5.02 Å². The van der Waals surface area contributed by atoms with Crippen LogP contribution >= 0.6 is 27.5 Å². The molecule has 0 atom stereocenters. The van der Waals surface area contributed by atoms with Crippen LogP contribution in [0.1, 0.15) is 13.8 Å². The van der Waals surface area contributed by atoms with Gasteiger partial charge in [0, 0.05) is 11.1 Å². The number of rotatable bonds is 2. The smallest absolute Gasteiger partial charge is 0.179 e. The molecule has 0 saturated carbocycles. The molecule has 0 bridgehead atoms. The molecule has 0 radical (unpaired) electrons. The van der Waals surface area contributed by atoms with Crippen molar-refractivity contribution in [1.29, 1.82) is 0 Å². The lowest BCUT2D eigenvalue weighted by Crippen LogP contribution is -2.07. The predicted molar refractivity (Wildman–Crippen MR) is 54.9 cm³/mol. The number of hydrogen-bond donors (Lipinski definition) is 0. The molecular formula is C9H9BrClFO. The SMILES string of the molecule is CC(C)Oc1cc(Cl)cc(Br)c1F. The Balaban J connectivity index is 3.05. The zero-order valence-electron chi connectivity index (χ0n) is 7.27. The highest BCUT2D eigenvalue weighted by atomic mass is 79.9. The Labute approximate surface area is 90.0 Å². The summed E-state index contributed by atoms with van der Waals surface area (Å²) in [6, 6.07) is 2.95. The molecule has 13 heavy (non-hydrogen) atoms. The van der Waals surface area contributed by atoms with E-state index < -0.39 is 5.82 Å². The van der Waals surface area contributed by atoms with Gasteiger partial charge in [0.1, 0.15) is 0 Å². The topological polar surface area (TPSA) is 9.23 Å². The number of halogens is 3. The van der Waals surface area contributed by atoms with Crippen molar-refractivity contribution >= 4 is 27.5 Å². The molecule has 4 heteroatoms. The average Bonchev–Trinajstić information content (AvgIpc) is 1.98. The zero-order valence-corrected chi connectivity index (χ0v) is 9.62. The number of ether oxygens (including phenoxy) is 1. The number of hydrogen-bond acceptors (Lipinski definition) is 1. The van der Waals surface area contributed by atoms with Crippen molar-refractivity contribution in [3.8, 4) is 5.75 Å². The van der Waals surface area contributed by atoms with E-state index in [1.165, 1.54) is 12.1 Å². The molecule has 0 aliphatic rings. The molecule has 0 heterocycles. The zero-order chi connectivity index (χ0) is 10.0. The van der Waals surface area contributed by atoms with Crippen molar-refractivity contribution < 1.29 is 9.13 Å². The third kappa shape index (κ3) is 2.85. The maximum atomic E-state index is 13.3. The lowest BCUT2D eigenvalue weighted by molar-refractivity contribution is 0.231. The second kappa shape index (κ2) is 4.29. The Kier molecular flexibility index (Phi) is 3.56. The molecule has 0 aromatic heterocycles.